The second kappa shape index (κ2) is 8.36. The van der Waals surface area contributed by atoms with Gasteiger partial charge in [0.25, 0.3) is 0 Å². The van der Waals surface area contributed by atoms with Crippen LogP contribution < -0.4 is 0 Å². The van der Waals surface area contributed by atoms with Crippen molar-refractivity contribution in [3.63, 3.8) is 0 Å². The Labute approximate surface area is 136 Å². The second-order valence-corrected chi connectivity index (χ2v) is 5.66. The van der Waals surface area contributed by atoms with Crippen LogP contribution in [0.2, 0.25) is 0 Å². The molecular weight excluding hydrogens is 294 g/mol. The van der Waals surface area contributed by atoms with Gasteiger partial charge in [-0.3, -0.25) is 0 Å². The van der Waals surface area contributed by atoms with Crippen molar-refractivity contribution in [3.8, 4) is 0 Å². The van der Waals surface area contributed by atoms with Gasteiger partial charge in [0.05, 0.1) is 6.04 Å². The SMILES string of the molecule is CCC(=CC(=O)O)C1CCCCN1C(=O)OCc1ccccc1. The standard InChI is InChI=1S/C18H23NO4/c1-2-15(12-17(20)21)16-10-6-7-11-19(16)18(22)23-13-14-8-4-3-5-9-14/h3-5,8-9,12,16H,2,6-7,10-11,13H2,1H3,(H,20,21). The van der Waals surface area contributed by atoms with Crippen molar-refractivity contribution in [1.82, 2.24) is 4.90 Å². The van der Waals surface area contributed by atoms with Crippen LogP contribution in [-0.4, -0.2) is 34.7 Å². The Bertz CT molecular complexity index is 568. The summed E-state index contributed by atoms with van der Waals surface area (Å²) in [6, 6.07) is 9.35. The first kappa shape index (κ1) is 17.1. The van der Waals surface area contributed by atoms with E-state index in [1.165, 1.54) is 6.08 Å². The molecule has 1 heterocycles. The maximum Gasteiger partial charge on any atom is 0.410 e. The van der Waals surface area contributed by atoms with Gasteiger partial charge in [0.1, 0.15) is 6.61 Å². The molecule has 1 fully saturated rings. The minimum atomic E-state index is -0.968. The maximum atomic E-state index is 12.4. The van der Waals surface area contributed by atoms with Crippen molar-refractivity contribution >= 4 is 12.1 Å². The molecule has 23 heavy (non-hydrogen) atoms. The lowest BCUT2D eigenvalue weighted by Crippen LogP contribution is -2.45. The number of benzene rings is 1. The molecule has 1 amide bonds. The van der Waals surface area contributed by atoms with Crippen molar-refractivity contribution in [2.75, 3.05) is 6.54 Å². The van der Waals surface area contributed by atoms with Crippen molar-refractivity contribution in [1.29, 1.82) is 0 Å². The zero-order valence-electron chi connectivity index (χ0n) is 13.4. The highest BCUT2D eigenvalue weighted by Gasteiger charge is 2.30. The number of piperidine rings is 1. The lowest BCUT2D eigenvalue weighted by atomic mass is 9.93. The minimum absolute atomic E-state index is 0.173. The molecule has 124 valence electrons. The van der Waals surface area contributed by atoms with Crippen molar-refractivity contribution in [2.24, 2.45) is 0 Å². The van der Waals surface area contributed by atoms with Gasteiger partial charge in [-0.2, -0.15) is 0 Å². The number of carbonyl (C=O) groups excluding carboxylic acids is 1. The van der Waals surface area contributed by atoms with E-state index in [2.05, 4.69) is 0 Å². The lowest BCUT2D eigenvalue weighted by Gasteiger charge is -2.36. The highest BCUT2D eigenvalue weighted by molar-refractivity contribution is 5.81. The third-order valence-electron chi connectivity index (χ3n) is 4.09. The highest BCUT2D eigenvalue weighted by atomic mass is 16.6. The summed E-state index contributed by atoms with van der Waals surface area (Å²) >= 11 is 0. The van der Waals surface area contributed by atoms with Crippen molar-refractivity contribution < 1.29 is 19.4 Å². The molecule has 1 atom stereocenters. The van der Waals surface area contributed by atoms with Crippen LogP contribution in [0.1, 0.15) is 38.2 Å². The number of likely N-dealkylation sites (tertiary alicyclic amines) is 1. The Morgan fingerprint density at radius 3 is 2.70 bits per heavy atom. The van der Waals surface area contributed by atoms with Crippen LogP contribution in [0.3, 0.4) is 0 Å². The summed E-state index contributed by atoms with van der Waals surface area (Å²) in [4.78, 5) is 25.1. The average Bonchev–Trinajstić information content (AvgIpc) is 2.58. The Morgan fingerprint density at radius 2 is 2.04 bits per heavy atom. The molecule has 1 N–H and O–H groups in total. The van der Waals surface area contributed by atoms with Gasteiger partial charge in [-0.15, -0.1) is 0 Å². The Hall–Kier alpha value is -2.30. The molecule has 1 unspecified atom stereocenters. The van der Waals surface area contributed by atoms with Crippen LogP contribution in [-0.2, 0) is 16.1 Å². The van der Waals surface area contributed by atoms with E-state index in [0.717, 1.165) is 30.4 Å². The molecule has 1 aliphatic rings. The van der Waals surface area contributed by atoms with E-state index < -0.39 is 5.97 Å². The molecule has 1 aromatic rings. The summed E-state index contributed by atoms with van der Waals surface area (Å²) < 4.78 is 5.41. The molecule has 1 aromatic carbocycles. The van der Waals surface area contributed by atoms with E-state index in [4.69, 9.17) is 9.84 Å². The first-order valence-corrected chi connectivity index (χ1v) is 8.02. The number of amides is 1. The number of nitrogens with zero attached hydrogens (tertiary/aromatic N) is 1. The Kier molecular flexibility index (Phi) is 6.20. The second-order valence-electron chi connectivity index (χ2n) is 5.66. The highest BCUT2D eigenvalue weighted by Crippen LogP contribution is 2.26. The number of carboxylic acid groups (broad SMARTS) is 1. The van der Waals surface area contributed by atoms with Gasteiger partial charge < -0.3 is 14.7 Å². The van der Waals surface area contributed by atoms with E-state index in [0.29, 0.717) is 13.0 Å². The number of aliphatic carboxylic acids is 1. The van der Waals surface area contributed by atoms with Gasteiger partial charge in [-0.1, -0.05) is 37.3 Å². The molecule has 1 aliphatic heterocycles. The number of rotatable bonds is 5. The summed E-state index contributed by atoms with van der Waals surface area (Å²) in [5, 5.41) is 9.01. The molecule has 5 nitrogen and oxygen atoms in total. The monoisotopic (exact) mass is 317 g/mol. The predicted molar refractivity (Wildman–Crippen MR) is 87.0 cm³/mol. The number of hydrogen-bond acceptors (Lipinski definition) is 3. The van der Waals surface area contributed by atoms with Gasteiger partial charge in [0.15, 0.2) is 0 Å². The van der Waals surface area contributed by atoms with Crippen LogP contribution in [0.5, 0.6) is 0 Å². The third kappa shape index (κ3) is 4.84. The number of ether oxygens (including phenoxy) is 1. The summed E-state index contributed by atoms with van der Waals surface area (Å²) in [6.07, 6.45) is 4.16. The van der Waals surface area contributed by atoms with Crippen molar-refractivity contribution in [3.05, 3.63) is 47.5 Å². The van der Waals surface area contributed by atoms with Gasteiger partial charge in [0, 0.05) is 12.6 Å². The Morgan fingerprint density at radius 1 is 1.30 bits per heavy atom. The summed E-state index contributed by atoms with van der Waals surface area (Å²) in [5.41, 5.74) is 1.71. The smallest absolute Gasteiger partial charge is 0.410 e. The molecule has 5 heteroatoms. The van der Waals surface area contributed by atoms with Gasteiger partial charge >= 0.3 is 12.1 Å². The fourth-order valence-electron chi connectivity index (χ4n) is 2.93. The van der Waals surface area contributed by atoms with Crippen LogP contribution in [0.25, 0.3) is 0 Å². The van der Waals surface area contributed by atoms with E-state index in [9.17, 15) is 9.59 Å². The predicted octanol–water partition coefficient (Wildman–Crippen LogP) is 3.60. The van der Waals surface area contributed by atoms with Crippen LogP contribution in [0.15, 0.2) is 42.0 Å². The molecule has 0 bridgehead atoms. The fraction of sp³-hybridized carbons (Fsp3) is 0.444. The molecule has 0 spiro atoms. The molecule has 0 aromatic heterocycles. The molecule has 2 rings (SSSR count). The van der Waals surface area contributed by atoms with E-state index >= 15 is 0 Å². The first-order valence-electron chi connectivity index (χ1n) is 8.02. The zero-order chi connectivity index (χ0) is 16.7. The molecule has 0 radical (unpaired) electrons. The van der Waals surface area contributed by atoms with Crippen LogP contribution >= 0.6 is 0 Å². The molecular formula is C18H23NO4. The third-order valence-corrected chi connectivity index (χ3v) is 4.09. The molecule has 0 aliphatic carbocycles. The minimum Gasteiger partial charge on any atom is -0.478 e. The lowest BCUT2D eigenvalue weighted by molar-refractivity contribution is -0.131. The molecule has 0 saturated carbocycles. The van der Waals surface area contributed by atoms with Gasteiger partial charge in [-0.25, -0.2) is 9.59 Å². The number of carbonyl (C=O) groups is 2. The van der Waals surface area contributed by atoms with Gasteiger partial charge in [-0.05, 0) is 36.8 Å². The quantitative estimate of drug-likeness (QED) is 0.843. The maximum absolute atomic E-state index is 12.4. The topological polar surface area (TPSA) is 66.8 Å². The largest absolute Gasteiger partial charge is 0.478 e. The molecule has 1 saturated heterocycles. The Balaban J connectivity index is 2.05. The van der Waals surface area contributed by atoms with Crippen LogP contribution in [0.4, 0.5) is 4.79 Å². The average molecular weight is 317 g/mol. The van der Waals surface area contributed by atoms with Crippen LogP contribution in [0, 0.1) is 0 Å². The van der Waals surface area contributed by atoms with Crippen molar-refractivity contribution in [2.45, 2.75) is 45.3 Å². The zero-order valence-corrected chi connectivity index (χ0v) is 13.4. The summed E-state index contributed by atoms with van der Waals surface area (Å²) in [7, 11) is 0. The summed E-state index contributed by atoms with van der Waals surface area (Å²) in [5.74, 6) is -0.968. The summed E-state index contributed by atoms with van der Waals surface area (Å²) in [6.45, 7) is 2.75. The normalized spacial score (nSPS) is 18.6. The number of hydrogen-bond donors (Lipinski definition) is 1. The fourth-order valence-corrected chi connectivity index (χ4v) is 2.93. The van der Waals surface area contributed by atoms with Gasteiger partial charge in [0.2, 0.25) is 0 Å². The first-order chi connectivity index (χ1) is 11.1. The van der Waals surface area contributed by atoms with E-state index in [-0.39, 0.29) is 18.7 Å². The van der Waals surface area contributed by atoms with E-state index in [1.54, 1.807) is 4.90 Å². The number of carboxylic acids is 1. The van der Waals surface area contributed by atoms with E-state index in [1.807, 2.05) is 37.3 Å².